The molecule has 0 aliphatic rings. The normalized spacial score (nSPS) is 12.6. The topological polar surface area (TPSA) is 95.9 Å². The maximum atomic E-state index is 12.5. The summed E-state index contributed by atoms with van der Waals surface area (Å²) in [6.07, 6.45) is 75.6. The van der Waals surface area contributed by atoms with E-state index in [0.29, 0.717) is 19.4 Å². The average molecular weight is 1020 g/mol. The van der Waals surface area contributed by atoms with E-state index in [9.17, 15) is 19.8 Å². The van der Waals surface area contributed by atoms with Gasteiger partial charge in [-0.2, -0.15) is 0 Å². The molecule has 0 radical (unpaired) electrons. The van der Waals surface area contributed by atoms with Crippen molar-refractivity contribution in [1.29, 1.82) is 0 Å². The van der Waals surface area contributed by atoms with Crippen molar-refractivity contribution in [3.05, 3.63) is 12.2 Å². The number of rotatable bonds is 62. The van der Waals surface area contributed by atoms with Gasteiger partial charge in [0.25, 0.3) is 0 Å². The van der Waals surface area contributed by atoms with Gasteiger partial charge in [-0.3, -0.25) is 9.59 Å². The second-order valence-corrected chi connectivity index (χ2v) is 22.8. The first kappa shape index (κ1) is 70.6. The van der Waals surface area contributed by atoms with Gasteiger partial charge in [0.05, 0.1) is 25.4 Å². The Kier molecular flexibility index (Phi) is 60.9. The number of carbonyl (C=O) groups excluding carboxylic acids is 2. The molecule has 0 saturated heterocycles. The minimum atomic E-state index is -0.841. The zero-order valence-electron chi connectivity index (χ0n) is 48.9. The van der Waals surface area contributed by atoms with Gasteiger partial charge in [0.2, 0.25) is 5.91 Å². The minimum absolute atomic E-state index is 0.0190. The number of ether oxygens (including phenoxy) is 1. The summed E-state index contributed by atoms with van der Waals surface area (Å²) in [4.78, 5) is 24.5. The first-order chi connectivity index (χ1) is 35.5. The Morgan fingerprint density at radius 1 is 0.375 bits per heavy atom. The lowest BCUT2D eigenvalue weighted by atomic mass is 10.0. The average Bonchev–Trinajstić information content (AvgIpc) is 3.38. The molecule has 0 spiro atoms. The zero-order valence-corrected chi connectivity index (χ0v) is 48.9. The molecular formula is C66H129NO5. The lowest BCUT2D eigenvalue weighted by molar-refractivity contribution is -0.143. The zero-order chi connectivity index (χ0) is 52.2. The Balaban J connectivity index is 3.36. The summed E-state index contributed by atoms with van der Waals surface area (Å²) >= 11 is 0. The fourth-order valence-corrected chi connectivity index (χ4v) is 10.5. The number of unbranched alkanes of at least 4 members (excludes halogenated alkanes) is 51. The Morgan fingerprint density at radius 3 is 0.944 bits per heavy atom. The molecule has 0 bridgehead atoms. The van der Waals surface area contributed by atoms with E-state index in [2.05, 4.69) is 19.2 Å². The Labute approximate surface area is 450 Å². The number of allylic oxidation sites excluding steroid dienone is 1. The van der Waals surface area contributed by atoms with Crippen LogP contribution in [0.1, 0.15) is 373 Å². The molecule has 0 rings (SSSR count). The molecule has 1 amide bonds. The van der Waals surface area contributed by atoms with Crippen LogP contribution in [0.2, 0.25) is 0 Å². The van der Waals surface area contributed by atoms with Crippen LogP contribution in [0.5, 0.6) is 0 Å². The van der Waals surface area contributed by atoms with Crippen molar-refractivity contribution in [3.8, 4) is 0 Å². The van der Waals surface area contributed by atoms with Crippen LogP contribution < -0.4 is 5.32 Å². The van der Waals surface area contributed by atoms with E-state index in [1.54, 1.807) is 6.08 Å². The van der Waals surface area contributed by atoms with E-state index >= 15 is 0 Å². The minimum Gasteiger partial charge on any atom is -0.466 e. The van der Waals surface area contributed by atoms with Gasteiger partial charge < -0.3 is 20.3 Å². The SMILES string of the molecule is CCCCCCCCCCCCCCCC/C=C/C(O)C(CO)NC(=O)CCCCCCCCCCCCCCCCCCCCCCCCCCCCCOC(=O)CCCCCCCCCCCCCC. The second-order valence-electron chi connectivity index (χ2n) is 22.8. The van der Waals surface area contributed by atoms with Crippen LogP contribution in [-0.2, 0) is 14.3 Å². The number of aliphatic hydroxyl groups is 2. The van der Waals surface area contributed by atoms with Gasteiger partial charge in [0, 0.05) is 12.8 Å². The monoisotopic (exact) mass is 1020 g/mol. The Hall–Kier alpha value is -1.40. The number of aliphatic hydroxyl groups excluding tert-OH is 2. The van der Waals surface area contributed by atoms with E-state index in [-0.39, 0.29) is 18.5 Å². The predicted octanol–water partition coefficient (Wildman–Crippen LogP) is 20.8. The molecule has 0 aromatic rings. The van der Waals surface area contributed by atoms with Crippen LogP contribution in [0.25, 0.3) is 0 Å². The number of hydrogen-bond acceptors (Lipinski definition) is 5. The highest BCUT2D eigenvalue weighted by molar-refractivity contribution is 5.76. The van der Waals surface area contributed by atoms with Crippen molar-refractivity contribution in [3.63, 3.8) is 0 Å². The summed E-state index contributed by atoms with van der Waals surface area (Å²) in [6.45, 7) is 4.94. The first-order valence-electron chi connectivity index (χ1n) is 33.0. The third kappa shape index (κ3) is 57.9. The molecule has 2 unspecified atom stereocenters. The van der Waals surface area contributed by atoms with Gasteiger partial charge in [-0.25, -0.2) is 0 Å². The molecule has 0 heterocycles. The predicted molar refractivity (Wildman–Crippen MR) is 315 cm³/mol. The van der Waals surface area contributed by atoms with Crippen LogP contribution in [0.3, 0.4) is 0 Å². The molecule has 0 fully saturated rings. The highest BCUT2D eigenvalue weighted by Crippen LogP contribution is 2.19. The smallest absolute Gasteiger partial charge is 0.305 e. The molecule has 6 nitrogen and oxygen atoms in total. The van der Waals surface area contributed by atoms with Gasteiger partial charge >= 0.3 is 5.97 Å². The van der Waals surface area contributed by atoms with E-state index in [1.807, 2.05) is 6.08 Å². The Morgan fingerprint density at radius 2 is 0.639 bits per heavy atom. The van der Waals surface area contributed by atoms with E-state index in [4.69, 9.17) is 4.74 Å². The molecule has 0 aromatic carbocycles. The molecule has 0 aliphatic heterocycles. The standard InChI is InChI=1S/C66H129NO5/c1-3-5-7-9-11-13-15-17-18-32-35-38-42-46-50-54-58-64(69)63(62-68)67-65(70)59-55-51-47-43-39-36-33-30-28-26-24-22-20-19-21-23-25-27-29-31-34-37-41-45-49-53-57-61-72-66(71)60-56-52-48-44-40-16-14-12-10-8-6-4-2/h54,58,63-64,68-69H,3-53,55-57,59-62H2,1-2H3,(H,67,70)/b58-54+. The molecule has 6 heteroatoms. The van der Waals surface area contributed by atoms with Crippen LogP contribution >= 0.6 is 0 Å². The summed E-state index contributed by atoms with van der Waals surface area (Å²) in [5, 5.41) is 23.2. The van der Waals surface area contributed by atoms with Gasteiger partial charge in [0.15, 0.2) is 0 Å². The molecule has 72 heavy (non-hydrogen) atoms. The van der Waals surface area contributed by atoms with Crippen molar-refractivity contribution in [2.24, 2.45) is 0 Å². The van der Waals surface area contributed by atoms with Gasteiger partial charge in [0.1, 0.15) is 0 Å². The lowest BCUT2D eigenvalue weighted by Gasteiger charge is -2.20. The van der Waals surface area contributed by atoms with Crippen molar-refractivity contribution in [2.45, 2.75) is 386 Å². The van der Waals surface area contributed by atoms with Gasteiger partial charge in [-0.15, -0.1) is 0 Å². The summed E-state index contributed by atoms with van der Waals surface area (Å²) in [6, 6.07) is -0.625. The molecule has 428 valence electrons. The van der Waals surface area contributed by atoms with E-state index < -0.39 is 12.1 Å². The van der Waals surface area contributed by atoms with Crippen molar-refractivity contribution in [2.75, 3.05) is 13.2 Å². The molecule has 0 saturated carbocycles. The first-order valence-corrected chi connectivity index (χ1v) is 33.0. The molecular weight excluding hydrogens is 887 g/mol. The maximum absolute atomic E-state index is 12.5. The van der Waals surface area contributed by atoms with E-state index in [0.717, 1.165) is 38.5 Å². The van der Waals surface area contributed by atoms with Gasteiger partial charge in [-0.05, 0) is 32.1 Å². The van der Waals surface area contributed by atoms with Crippen LogP contribution in [-0.4, -0.2) is 47.4 Å². The number of amides is 1. The summed E-state index contributed by atoms with van der Waals surface area (Å²) < 4.78 is 5.48. The number of carbonyl (C=O) groups is 2. The maximum Gasteiger partial charge on any atom is 0.305 e. The highest BCUT2D eigenvalue weighted by atomic mass is 16.5. The van der Waals surface area contributed by atoms with Gasteiger partial charge in [-0.1, -0.05) is 341 Å². The highest BCUT2D eigenvalue weighted by Gasteiger charge is 2.18. The quantitative estimate of drug-likeness (QED) is 0.0320. The molecule has 0 aromatic heterocycles. The number of hydrogen-bond donors (Lipinski definition) is 3. The molecule has 2 atom stereocenters. The van der Waals surface area contributed by atoms with Crippen LogP contribution in [0, 0.1) is 0 Å². The second kappa shape index (κ2) is 62.1. The third-order valence-electron chi connectivity index (χ3n) is 15.6. The summed E-state index contributed by atoms with van der Waals surface area (Å²) in [7, 11) is 0. The fraction of sp³-hybridized carbons (Fsp3) is 0.939. The molecule has 3 N–H and O–H groups in total. The lowest BCUT2D eigenvalue weighted by Crippen LogP contribution is -2.45. The number of esters is 1. The summed E-state index contributed by atoms with van der Waals surface area (Å²) in [5.41, 5.74) is 0. The van der Waals surface area contributed by atoms with E-state index in [1.165, 1.54) is 308 Å². The van der Waals surface area contributed by atoms with Crippen molar-refractivity contribution in [1.82, 2.24) is 5.32 Å². The Bertz CT molecular complexity index is 1080. The third-order valence-corrected chi connectivity index (χ3v) is 15.6. The van der Waals surface area contributed by atoms with Crippen LogP contribution in [0.4, 0.5) is 0 Å². The summed E-state index contributed by atoms with van der Waals surface area (Å²) in [5.74, 6) is -0.0432. The number of nitrogens with one attached hydrogen (secondary N) is 1. The largest absolute Gasteiger partial charge is 0.466 e. The molecule has 0 aliphatic carbocycles. The fourth-order valence-electron chi connectivity index (χ4n) is 10.5. The van der Waals surface area contributed by atoms with Crippen molar-refractivity contribution >= 4 is 11.9 Å². The van der Waals surface area contributed by atoms with Crippen molar-refractivity contribution < 1.29 is 24.5 Å². The van der Waals surface area contributed by atoms with Crippen LogP contribution in [0.15, 0.2) is 12.2 Å².